The first-order valence-electron chi connectivity index (χ1n) is 6.84. The molecule has 0 heterocycles. The van der Waals surface area contributed by atoms with Crippen molar-refractivity contribution in [2.75, 3.05) is 5.32 Å². The van der Waals surface area contributed by atoms with Crippen molar-refractivity contribution in [3.63, 3.8) is 0 Å². The van der Waals surface area contributed by atoms with Crippen LogP contribution in [0.15, 0.2) is 24.3 Å². The van der Waals surface area contributed by atoms with Crippen LogP contribution in [0.4, 0.5) is 5.69 Å². The number of ether oxygens (including phenoxy) is 1. The summed E-state index contributed by atoms with van der Waals surface area (Å²) in [5, 5.41) is 2.83. The summed E-state index contributed by atoms with van der Waals surface area (Å²) >= 11 is 0. The van der Waals surface area contributed by atoms with Gasteiger partial charge in [-0.3, -0.25) is 4.79 Å². The standard InChI is InChI=1S/C15H21NO2/c1-2-15(17)16-12-8-10-14(11-9-12)18-13-6-4-3-5-7-13/h8-11,13H,2-7H2,1H3,(H,16,17). The van der Waals surface area contributed by atoms with Crippen LogP contribution in [0.3, 0.4) is 0 Å². The molecule has 1 aliphatic carbocycles. The second-order valence-corrected chi connectivity index (χ2v) is 4.80. The average Bonchev–Trinajstić information content (AvgIpc) is 2.42. The lowest BCUT2D eigenvalue weighted by Gasteiger charge is -2.23. The predicted octanol–water partition coefficient (Wildman–Crippen LogP) is 3.75. The molecule has 0 saturated heterocycles. The first kappa shape index (κ1) is 12.9. The minimum absolute atomic E-state index is 0.0379. The molecule has 1 saturated carbocycles. The summed E-state index contributed by atoms with van der Waals surface area (Å²) in [7, 11) is 0. The van der Waals surface area contributed by atoms with Gasteiger partial charge in [-0.1, -0.05) is 13.3 Å². The molecule has 0 aliphatic heterocycles. The molecule has 0 spiro atoms. The Morgan fingerprint density at radius 3 is 2.50 bits per heavy atom. The number of hydrogen-bond donors (Lipinski definition) is 1. The van der Waals surface area contributed by atoms with E-state index in [0.717, 1.165) is 24.3 Å². The summed E-state index contributed by atoms with van der Waals surface area (Å²) in [6.07, 6.45) is 7.07. The molecule has 1 aliphatic rings. The van der Waals surface area contributed by atoms with Crippen molar-refractivity contribution in [1.29, 1.82) is 0 Å². The number of hydrogen-bond acceptors (Lipinski definition) is 2. The maximum atomic E-state index is 11.2. The maximum absolute atomic E-state index is 11.2. The zero-order valence-electron chi connectivity index (χ0n) is 10.9. The van der Waals surface area contributed by atoms with Crippen LogP contribution in [0.1, 0.15) is 45.4 Å². The third kappa shape index (κ3) is 3.76. The molecule has 0 atom stereocenters. The van der Waals surface area contributed by atoms with E-state index in [2.05, 4.69) is 5.32 Å². The van der Waals surface area contributed by atoms with Crippen LogP contribution in [0.2, 0.25) is 0 Å². The van der Waals surface area contributed by atoms with Crippen molar-refractivity contribution in [2.24, 2.45) is 0 Å². The fraction of sp³-hybridized carbons (Fsp3) is 0.533. The van der Waals surface area contributed by atoms with Crippen molar-refractivity contribution in [3.8, 4) is 5.75 Å². The minimum atomic E-state index is 0.0379. The molecule has 1 fully saturated rings. The number of amides is 1. The average molecular weight is 247 g/mol. The smallest absolute Gasteiger partial charge is 0.224 e. The summed E-state index contributed by atoms with van der Waals surface area (Å²) in [5.41, 5.74) is 0.831. The van der Waals surface area contributed by atoms with Crippen molar-refractivity contribution in [3.05, 3.63) is 24.3 Å². The van der Waals surface area contributed by atoms with E-state index < -0.39 is 0 Å². The first-order chi connectivity index (χ1) is 8.78. The van der Waals surface area contributed by atoms with Gasteiger partial charge in [0.25, 0.3) is 0 Å². The minimum Gasteiger partial charge on any atom is -0.490 e. The van der Waals surface area contributed by atoms with Gasteiger partial charge in [0.05, 0.1) is 6.10 Å². The molecule has 1 aromatic rings. The van der Waals surface area contributed by atoms with Crippen LogP contribution >= 0.6 is 0 Å². The summed E-state index contributed by atoms with van der Waals surface area (Å²) in [6, 6.07) is 7.65. The van der Waals surface area contributed by atoms with Crippen molar-refractivity contribution in [1.82, 2.24) is 0 Å². The summed E-state index contributed by atoms with van der Waals surface area (Å²) in [5.74, 6) is 0.937. The third-order valence-corrected chi connectivity index (χ3v) is 3.31. The molecular weight excluding hydrogens is 226 g/mol. The Kier molecular flexibility index (Phi) is 4.62. The van der Waals surface area contributed by atoms with Gasteiger partial charge in [0.2, 0.25) is 5.91 Å². The Labute approximate surface area is 109 Å². The second-order valence-electron chi connectivity index (χ2n) is 4.80. The highest BCUT2D eigenvalue weighted by molar-refractivity contribution is 5.90. The molecule has 3 heteroatoms. The van der Waals surface area contributed by atoms with Crippen LogP contribution < -0.4 is 10.1 Å². The van der Waals surface area contributed by atoms with E-state index in [0.29, 0.717) is 12.5 Å². The number of nitrogens with one attached hydrogen (secondary N) is 1. The largest absolute Gasteiger partial charge is 0.490 e. The zero-order chi connectivity index (χ0) is 12.8. The molecule has 98 valence electrons. The number of rotatable bonds is 4. The van der Waals surface area contributed by atoms with E-state index in [1.807, 2.05) is 31.2 Å². The van der Waals surface area contributed by atoms with Gasteiger partial charge in [-0.2, -0.15) is 0 Å². The Morgan fingerprint density at radius 2 is 1.89 bits per heavy atom. The monoisotopic (exact) mass is 247 g/mol. The zero-order valence-corrected chi connectivity index (χ0v) is 10.9. The number of carbonyl (C=O) groups is 1. The summed E-state index contributed by atoms with van der Waals surface area (Å²) < 4.78 is 5.93. The third-order valence-electron chi connectivity index (χ3n) is 3.31. The van der Waals surface area contributed by atoms with Gasteiger partial charge in [-0.05, 0) is 49.9 Å². The van der Waals surface area contributed by atoms with Crippen LogP contribution in [0.5, 0.6) is 5.75 Å². The molecule has 1 aromatic carbocycles. The molecule has 0 radical (unpaired) electrons. The molecule has 0 unspecified atom stereocenters. The summed E-state index contributed by atoms with van der Waals surface area (Å²) in [6.45, 7) is 1.84. The fourth-order valence-corrected chi connectivity index (χ4v) is 2.24. The van der Waals surface area contributed by atoms with Crippen LogP contribution in [-0.4, -0.2) is 12.0 Å². The Morgan fingerprint density at radius 1 is 1.22 bits per heavy atom. The molecule has 3 nitrogen and oxygen atoms in total. The van der Waals surface area contributed by atoms with Crippen LogP contribution in [0.25, 0.3) is 0 Å². The van der Waals surface area contributed by atoms with Crippen LogP contribution in [0, 0.1) is 0 Å². The van der Waals surface area contributed by atoms with E-state index in [9.17, 15) is 4.79 Å². The Balaban J connectivity index is 1.88. The quantitative estimate of drug-likeness (QED) is 0.880. The lowest BCUT2D eigenvalue weighted by molar-refractivity contribution is -0.115. The SMILES string of the molecule is CCC(=O)Nc1ccc(OC2CCCCC2)cc1. The van der Waals surface area contributed by atoms with Gasteiger partial charge in [-0.15, -0.1) is 0 Å². The molecule has 2 rings (SSSR count). The normalized spacial score (nSPS) is 16.3. The van der Waals surface area contributed by atoms with Gasteiger partial charge < -0.3 is 10.1 Å². The van der Waals surface area contributed by atoms with E-state index in [1.165, 1.54) is 19.3 Å². The molecule has 18 heavy (non-hydrogen) atoms. The van der Waals surface area contributed by atoms with E-state index in [-0.39, 0.29) is 5.91 Å². The lowest BCUT2D eigenvalue weighted by Crippen LogP contribution is -2.19. The fourth-order valence-electron chi connectivity index (χ4n) is 2.24. The lowest BCUT2D eigenvalue weighted by atomic mass is 9.98. The molecule has 1 N–H and O–H groups in total. The topological polar surface area (TPSA) is 38.3 Å². The molecular formula is C15H21NO2. The second kappa shape index (κ2) is 6.43. The van der Waals surface area contributed by atoms with E-state index in [4.69, 9.17) is 4.74 Å². The highest BCUT2D eigenvalue weighted by Crippen LogP contribution is 2.24. The van der Waals surface area contributed by atoms with Crippen molar-refractivity contribution >= 4 is 11.6 Å². The van der Waals surface area contributed by atoms with E-state index >= 15 is 0 Å². The predicted molar refractivity (Wildman–Crippen MR) is 72.9 cm³/mol. The first-order valence-corrected chi connectivity index (χ1v) is 6.84. The molecule has 1 amide bonds. The highest BCUT2D eigenvalue weighted by Gasteiger charge is 2.14. The van der Waals surface area contributed by atoms with Gasteiger partial charge in [0.1, 0.15) is 5.75 Å². The Bertz CT molecular complexity index is 380. The Hall–Kier alpha value is -1.51. The van der Waals surface area contributed by atoms with E-state index in [1.54, 1.807) is 0 Å². The molecule has 0 bridgehead atoms. The van der Waals surface area contributed by atoms with Gasteiger partial charge in [0, 0.05) is 12.1 Å². The summed E-state index contributed by atoms with van der Waals surface area (Å²) in [4.78, 5) is 11.2. The number of anilines is 1. The van der Waals surface area contributed by atoms with Crippen LogP contribution in [-0.2, 0) is 4.79 Å². The van der Waals surface area contributed by atoms with Gasteiger partial charge in [-0.25, -0.2) is 0 Å². The maximum Gasteiger partial charge on any atom is 0.224 e. The van der Waals surface area contributed by atoms with Gasteiger partial charge in [0.15, 0.2) is 0 Å². The molecule has 0 aromatic heterocycles. The van der Waals surface area contributed by atoms with Crippen molar-refractivity contribution < 1.29 is 9.53 Å². The highest BCUT2D eigenvalue weighted by atomic mass is 16.5. The number of carbonyl (C=O) groups excluding carboxylic acids is 1. The number of benzene rings is 1. The van der Waals surface area contributed by atoms with Crippen molar-refractivity contribution in [2.45, 2.75) is 51.6 Å². The van der Waals surface area contributed by atoms with Gasteiger partial charge >= 0.3 is 0 Å².